The predicted molar refractivity (Wildman–Crippen MR) is 101 cm³/mol. The van der Waals surface area contributed by atoms with Crippen LogP contribution in [0.4, 0.5) is 0 Å². The van der Waals surface area contributed by atoms with Crippen molar-refractivity contribution in [3.05, 3.63) is 64.4 Å². The molecule has 140 valence electrons. The van der Waals surface area contributed by atoms with Gasteiger partial charge in [-0.25, -0.2) is 13.1 Å². The summed E-state index contributed by atoms with van der Waals surface area (Å²) < 4.78 is 38.4. The van der Waals surface area contributed by atoms with Gasteiger partial charge in [-0.05, 0) is 36.1 Å². The topological polar surface area (TPSA) is 97.5 Å². The predicted octanol–water partition coefficient (Wildman–Crippen LogP) is 1.82. The van der Waals surface area contributed by atoms with E-state index in [0.29, 0.717) is 30.3 Å². The molecule has 0 atom stereocenters. The number of benzene rings is 2. The quantitative estimate of drug-likeness (QED) is 0.697. The lowest BCUT2D eigenvalue weighted by Crippen LogP contribution is -2.28. The monoisotopic (exact) mass is 386 g/mol. The maximum atomic E-state index is 12.5. The molecule has 3 aromatic rings. The molecular weight excluding hydrogens is 368 g/mol. The second-order valence-corrected chi connectivity index (χ2v) is 7.93. The van der Waals surface area contributed by atoms with Gasteiger partial charge in [0.25, 0.3) is 5.56 Å². The Hall–Kier alpha value is -2.84. The number of aromatic amines is 1. The van der Waals surface area contributed by atoms with E-state index >= 15 is 0 Å². The summed E-state index contributed by atoms with van der Waals surface area (Å²) in [5.41, 5.74) is 1.06. The van der Waals surface area contributed by atoms with Gasteiger partial charge in [-0.1, -0.05) is 18.2 Å². The van der Waals surface area contributed by atoms with E-state index in [1.54, 1.807) is 12.1 Å². The molecular formula is C19H18N2O5S. The molecule has 7 nitrogen and oxygen atoms in total. The van der Waals surface area contributed by atoms with Crippen LogP contribution < -0.4 is 19.8 Å². The summed E-state index contributed by atoms with van der Waals surface area (Å²) in [4.78, 5) is 15.1. The minimum atomic E-state index is -3.72. The second kappa shape index (κ2) is 7.05. The van der Waals surface area contributed by atoms with Crippen LogP contribution in [0.2, 0.25) is 0 Å². The van der Waals surface area contributed by atoms with Crippen LogP contribution in [0.3, 0.4) is 0 Å². The molecule has 0 spiro atoms. The number of sulfonamides is 1. The standard InChI is InChI=1S/C19H18N2O5S/c22-19-14(11-13-3-1-2-4-16(13)21-19)7-8-20-27(23,24)15-5-6-17-18(12-15)26-10-9-25-17/h1-6,11-12,20H,7-10H2,(H,21,22). The molecule has 0 amide bonds. The van der Waals surface area contributed by atoms with E-state index in [1.807, 2.05) is 24.3 Å². The molecule has 8 heteroatoms. The second-order valence-electron chi connectivity index (χ2n) is 6.16. The Morgan fingerprint density at radius 1 is 1.00 bits per heavy atom. The van der Waals surface area contributed by atoms with Gasteiger partial charge in [0.15, 0.2) is 11.5 Å². The summed E-state index contributed by atoms with van der Waals surface area (Å²) in [5, 5.41) is 0.904. The Labute approximate surface area is 156 Å². The Bertz CT molecular complexity index is 1150. The van der Waals surface area contributed by atoms with Crippen molar-refractivity contribution < 1.29 is 17.9 Å². The van der Waals surface area contributed by atoms with E-state index in [-0.39, 0.29) is 23.4 Å². The molecule has 2 N–H and O–H groups in total. The van der Waals surface area contributed by atoms with Gasteiger partial charge in [-0.2, -0.15) is 0 Å². The van der Waals surface area contributed by atoms with Gasteiger partial charge in [0.05, 0.1) is 4.90 Å². The minimum absolute atomic E-state index is 0.0965. The largest absolute Gasteiger partial charge is 0.486 e. The van der Waals surface area contributed by atoms with Gasteiger partial charge in [0.2, 0.25) is 10.0 Å². The first-order chi connectivity index (χ1) is 13.0. The lowest BCUT2D eigenvalue weighted by atomic mass is 10.1. The Balaban J connectivity index is 1.48. The highest BCUT2D eigenvalue weighted by Gasteiger charge is 2.19. The number of ether oxygens (including phenoxy) is 2. The van der Waals surface area contributed by atoms with E-state index in [0.717, 1.165) is 10.9 Å². The minimum Gasteiger partial charge on any atom is -0.486 e. The van der Waals surface area contributed by atoms with E-state index in [4.69, 9.17) is 9.47 Å². The zero-order valence-electron chi connectivity index (χ0n) is 14.4. The maximum absolute atomic E-state index is 12.5. The van der Waals surface area contributed by atoms with Crippen LogP contribution in [0.25, 0.3) is 10.9 Å². The smallest absolute Gasteiger partial charge is 0.251 e. The molecule has 0 aliphatic carbocycles. The third-order valence-corrected chi connectivity index (χ3v) is 5.80. The summed E-state index contributed by atoms with van der Waals surface area (Å²) >= 11 is 0. The van der Waals surface area contributed by atoms with Crippen LogP contribution in [0.15, 0.2) is 58.2 Å². The fourth-order valence-corrected chi connectivity index (χ4v) is 4.02. The van der Waals surface area contributed by atoms with Crippen molar-refractivity contribution in [2.75, 3.05) is 19.8 Å². The highest BCUT2D eigenvalue weighted by Crippen LogP contribution is 2.32. The Morgan fingerprint density at radius 2 is 1.78 bits per heavy atom. The number of para-hydroxylation sites is 1. The lowest BCUT2D eigenvalue weighted by Gasteiger charge is -2.18. The van der Waals surface area contributed by atoms with E-state index in [2.05, 4.69) is 9.71 Å². The lowest BCUT2D eigenvalue weighted by molar-refractivity contribution is 0.171. The average Bonchev–Trinajstić information content (AvgIpc) is 2.68. The van der Waals surface area contributed by atoms with Gasteiger partial charge >= 0.3 is 0 Å². The van der Waals surface area contributed by atoms with Crippen molar-refractivity contribution >= 4 is 20.9 Å². The van der Waals surface area contributed by atoms with Crippen molar-refractivity contribution in [1.29, 1.82) is 0 Å². The zero-order chi connectivity index (χ0) is 18.9. The third-order valence-electron chi connectivity index (χ3n) is 4.34. The fourth-order valence-electron chi connectivity index (χ4n) is 2.97. The molecule has 0 fully saturated rings. The van der Waals surface area contributed by atoms with E-state index in [1.165, 1.54) is 12.1 Å². The number of rotatable bonds is 5. The molecule has 1 aliphatic heterocycles. The van der Waals surface area contributed by atoms with Gasteiger partial charge in [-0.3, -0.25) is 4.79 Å². The van der Waals surface area contributed by atoms with Crippen molar-refractivity contribution in [2.45, 2.75) is 11.3 Å². The first-order valence-corrected chi connectivity index (χ1v) is 10.0. The molecule has 27 heavy (non-hydrogen) atoms. The van der Waals surface area contributed by atoms with Crippen molar-refractivity contribution in [1.82, 2.24) is 9.71 Å². The number of hydrogen-bond donors (Lipinski definition) is 2. The Kier molecular flexibility index (Phi) is 4.59. The SMILES string of the molecule is O=c1[nH]c2ccccc2cc1CCNS(=O)(=O)c1ccc2c(c1)OCCO2. The summed E-state index contributed by atoms with van der Waals surface area (Å²) in [5.74, 6) is 0.943. The number of nitrogens with one attached hydrogen (secondary N) is 2. The molecule has 0 radical (unpaired) electrons. The average molecular weight is 386 g/mol. The van der Waals surface area contributed by atoms with Gasteiger partial charge < -0.3 is 14.5 Å². The molecule has 0 unspecified atom stereocenters. The van der Waals surface area contributed by atoms with Gasteiger partial charge in [-0.15, -0.1) is 0 Å². The van der Waals surface area contributed by atoms with E-state index < -0.39 is 10.0 Å². The van der Waals surface area contributed by atoms with Crippen LogP contribution in [-0.4, -0.2) is 33.2 Å². The van der Waals surface area contributed by atoms with Crippen molar-refractivity contribution in [2.24, 2.45) is 0 Å². The zero-order valence-corrected chi connectivity index (χ0v) is 15.2. The van der Waals surface area contributed by atoms with Gasteiger partial charge in [0.1, 0.15) is 13.2 Å². The van der Waals surface area contributed by atoms with Crippen molar-refractivity contribution in [3.8, 4) is 11.5 Å². The van der Waals surface area contributed by atoms with Crippen LogP contribution in [-0.2, 0) is 16.4 Å². The third kappa shape index (κ3) is 3.67. The van der Waals surface area contributed by atoms with E-state index in [9.17, 15) is 13.2 Å². The molecule has 1 aliphatic rings. The number of aromatic nitrogens is 1. The normalized spacial score (nSPS) is 13.6. The molecule has 2 heterocycles. The summed E-state index contributed by atoms with van der Waals surface area (Å²) in [6.07, 6.45) is 0.282. The summed E-state index contributed by atoms with van der Waals surface area (Å²) in [6, 6.07) is 13.7. The van der Waals surface area contributed by atoms with Crippen LogP contribution in [0.1, 0.15) is 5.56 Å². The number of hydrogen-bond acceptors (Lipinski definition) is 5. The summed E-state index contributed by atoms with van der Waals surface area (Å²) in [7, 11) is -3.72. The Morgan fingerprint density at radius 3 is 2.63 bits per heavy atom. The van der Waals surface area contributed by atoms with Crippen LogP contribution >= 0.6 is 0 Å². The van der Waals surface area contributed by atoms with Crippen molar-refractivity contribution in [3.63, 3.8) is 0 Å². The van der Waals surface area contributed by atoms with Crippen LogP contribution in [0, 0.1) is 0 Å². The van der Waals surface area contributed by atoms with Crippen LogP contribution in [0.5, 0.6) is 11.5 Å². The number of H-pyrrole nitrogens is 1. The number of pyridine rings is 1. The maximum Gasteiger partial charge on any atom is 0.251 e. The van der Waals surface area contributed by atoms with Gasteiger partial charge in [0, 0.05) is 23.7 Å². The highest BCUT2D eigenvalue weighted by atomic mass is 32.2. The summed E-state index contributed by atoms with van der Waals surface area (Å²) in [6.45, 7) is 0.935. The first-order valence-electron chi connectivity index (χ1n) is 8.53. The molecule has 0 saturated carbocycles. The first kappa shape index (κ1) is 17.6. The fraction of sp³-hybridized carbons (Fsp3) is 0.211. The number of fused-ring (bicyclic) bond motifs is 2. The molecule has 2 aromatic carbocycles. The molecule has 0 saturated heterocycles. The molecule has 0 bridgehead atoms. The molecule has 1 aromatic heterocycles. The molecule has 4 rings (SSSR count). The highest BCUT2D eigenvalue weighted by molar-refractivity contribution is 7.89.